The zero-order chi connectivity index (χ0) is 31.1. The van der Waals surface area contributed by atoms with Gasteiger partial charge in [0.2, 0.25) is 0 Å². The molecule has 2 aromatic rings. The predicted octanol–water partition coefficient (Wildman–Crippen LogP) is 7.74. The maximum atomic E-state index is 9.91. The van der Waals surface area contributed by atoms with Crippen LogP contribution in [0.15, 0.2) is 24.3 Å². The molecular weight excluding hydrogens is 548 g/mol. The highest BCUT2D eigenvalue weighted by molar-refractivity contribution is 5.54. The number of rotatable bonds is 8. The molecule has 0 radical (unpaired) electrons. The van der Waals surface area contributed by atoms with E-state index in [0.717, 1.165) is 63.4 Å². The van der Waals surface area contributed by atoms with Gasteiger partial charge in [-0.05, 0) is 87.8 Å². The lowest BCUT2D eigenvalue weighted by Gasteiger charge is -2.39. The van der Waals surface area contributed by atoms with Crippen LogP contribution in [-0.2, 0) is 18.5 Å². The third-order valence-electron chi connectivity index (χ3n) is 10.3. The Labute approximate surface area is 266 Å². The summed E-state index contributed by atoms with van der Waals surface area (Å²) in [6.07, 6.45) is 15.1. The van der Waals surface area contributed by atoms with E-state index in [2.05, 4.69) is 47.9 Å². The summed E-state index contributed by atoms with van der Waals surface area (Å²) in [6.45, 7) is 12.7. The van der Waals surface area contributed by atoms with Gasteiger partial charge in [-0.2, -0.15) is 0 Å². The third-order valence-corrected chi connectivity index (χ3v) is 10.3. The van der Waals surface area contributed by atoms with E-state index in [0.29, 0.717) is 13.5 Å². The fourth-order valence-corrected chi connectivity index (χ4v) is 7.77. The summed E-state index contributed by atoms with van der Waals surface area (Å²) < 4.78 is 12.7. The standard InChI is InChI=1S/C38H58N2O4/c1-28-20-34(22-32-24-39(18-14-30(3)41)26-43-36(28)32)38(16-12-10-8-6-5-7-9-11-13-17-38)35-21-29(2)37-33(23-35)25-40(27-44-37)19-15-31(4)42/h20-23,30-31,41-42H,5-19,24-27H2,1-4H3. The Morgan fingerprint density at radius 1 is 0.636 bits per heavy atom. The fraction of sp³-hybridized carbons (Fsp3) is 0.684. The Kier molecular flexibility index (Phi) is 11.7. The average Bonchev–Trinajstić information content (AvgIpc) is 2.99. The Hall–Kier alpha value is -2.12. The van der Waals surface area contributed by atoms with Gasteiger partial charge in [-0.1, -0.05) is 69.9 Å². The van der Waals surface area contributed by atoms with Crippen molar-refractivity contribution >= 4 is 0 Å². The smallest absolute Gasteiger partial charge is 0.142 e. The van der Waals surface area contributed by atoms with Crippen LogP contribution in [0.3, 0.4) is 0 Å². The number of benzene rings is 2. The molecule has 6 nitrogen and oxygen atoms in total. The largest absolute Gasteiger partial charge is 0.478 e. The van der Waals surface area contributed by atoms with E-state index in [1.807, 2.05) is 13.8 Å². The van der Waals surface area contributed by atoms with Crippen molar-refractivity contribution in [1.29, 1.82) is 0 Å². The van der Waals surface area contributed by atoms with Gasteiger partial charge in [0.15, 0.2) is 0 Å². The van der Waals surface area contributed by atoms with Crippen molar-refractivity contribution < 1.29 is 19.7 Å². The second kappa shape index (κ2) is 15.4. The van der Waals surface area contributed by atoms with Crippen LogP contribution >= 0.6 is 0 Å². The molecule has 0 bridgehead atoms. The zero-order valence-corrected chi connectivity index (χ0v) is 28.0. The van der Waals surface area contributed by atoms with Crippen molar-refractivity contribution in [1.82, 2.24) is 9.80 Å². The molecule has 2 unspecified atom stereocenters. The average molecular weight is 607 g/mol. The molecule has 2 aromatic carbocycles. The Balaban J connectivity index is 1.55. The quantitative estimate of drug-likeness (QED) is 0.321. The molecule has 3 aliphatic rings. The highest BCUT2D eigenvalue weighted by atomic mass is 16.5. The number of aliphatic hydroxyl groups is 2. The van der Waals surface area contributed by atoms with E-state index >= 15 is 0 Å². The third kappa shape index (κ3) is 8.17. The number of ether oxygens (including phenoxy) is 2. The monoisotopic (exact) mass is 606 g/mol. The number of hydrogen-bond donors (Lipinski definition) is 2. The van der Waals surface area contributed by atoms with Gasteiger partial charge in [-0.3, -0.25) is 9.80 Å². The molecule has 2 aliphatic heterocycles. The van der Waals surface area contributed by atoms with Gasteiger partial charge in [0.25, 0.3) is 0 Å². The van der Waals surface area contributed by atoms with Crippen LogP contribution in [0, 0.1) is 13.8 Å². The SMILES string of the molecule is Cc1cc(C2(c3cc(C)c4c(c3)CN(CCC(C)O)CO4)CCCCCCCCCCC2)cc2c1OCN(CCC(C)O)C2. The molecule has 0 saturated heterocycles. The zero-order valence-electron chi connectivity index (χ0n) is 28.0. The molecule has 1 fully saturated rings. The maximum Gasteiger partial charge on any atom is 0.142 e. The Morgan fingerprint density at radius 3 is 1.41 bits per heavy atom. The minimum atomic E-state index is -0.303. The molecule has 0 aromatic heterocycles. The van der Waals surface area contributed by atoms with Crippen molar-refractivity contribution in [3.63, 3.8) is 0 Å². The number of hydrogen-bond acceptors (Lipinski definition) is 6. The van der Waals surface area contributed by atoms with Crippen LogP contribution in [0.1, 0.15) is 131 Å². The first-order chi connectivity index (χ1) is 21.2. The van der Waals surface area contributed by atoms with E-state index < -0.39 is 0 Å². The van der Waals surface area contributed by atoms with E-state index in [1.54, 1.807) is 0 Å². The summed E-state index contributed by atoms with van der Waals surface area (Å²) in [7, 11) is 0. The number of nitrogens with zero attached hydrogens (tertiary/aromatic N) is 2. The minimum absolute atomic E-state index is 0.0669. The Morgan fingerprint density at radius 2 is 1.02 bits per heavy atom. The second-order valence-corrected chi connectivity index (χ2v) is 14.3. The van der Waals surface area contributed by atoms with Gasteiger partial charge in [0.05, 0.1) is 12.2 Å². The van der Waals surface area contributed by atoms with Crippen molar-refractivity contribution in [2.45, 2.75) is 142 Å². The minimum Gasteiger partial charge on any atom is -0.478 e. The summed E-state index contributed by atoms with van der Waals surface area (Å²) in [4.78, 5) is 4.66. The molecule has 0 spiro atoms. The summed E-state index contributed by atoms with van der Waals surface area (Å²) in [5, 5.41) is 19.8. The van der Waals surface area contributed by atoms with Gasteiger partial charge in [0.1, 0.15) is 25.0 Å². The van der Waals surface area contributed by atoms with Gasteiger partial charge >= 0.3 is 0 Å². The predicted molar refractivity (Wildman–Crippen MR) is 178 cm³/mol. The lowest BCUT2D eigenvalue weighted by Crippen LogP contribution is -2.36. The molecule has 0 amide bonds. The van der Waals surface area contributed by atoms with Crippen LogP contribution in [0.5, 0.6) is 11.5 Å². The molecule has 1 aliphatic carbocycles. The van der Waals surface area contributed by atoms with Crippen LogP contribution in [0.4, 0.5) is 0 Å². The van der Waals surface area contributed by atoms with Gasteiger partial charge in [-0.15, -0.1) is 0 Å². The lowest BCUT2D eigenvalue weighted by molar-refractivity contribution is 0.0759. The van der Waals surface area contributed by atoms with E-state index in [9.17, 15) is 10.2 Å². The highest BCUT2D eigenvalue weighted by Gasteiger charge is 2.37. The molecule has 6 heteroatoms. The van der Waals surface area contributed by atoms with Crippen molar-refractivity contribution in [2.75, 3.05) is 26.6 Å². The van der Waals surface area contributed by atoms with Gasteiger partial charge in [0, 0.05) is 42.7 Å². The number of aryl methyl sites for hydroxylation is 2. The molecule has 44 heavy (non-hydrogen) atoms. The van der Waals surface area contributed by atoms with E-state index in [4.69, 9.17) is 9.47 Å². The molecule has 1 saturated carbocycles. The first-order valence-electron chi connectivity index (χ1n) is 17.6. The summed E-state index contributed by atoms with van der Waals surface area (Å²) in [6, 6.07) is 9.83. The van der Waals surface area contributed by atoms with Crippen LogP contribution in [-0.4, -0.2) is 58.8 Å². The number of aliphatic hydroxyl groups excluding tert-OH is 2. The molecule has 5 rings (SSSR count). The molecule has 2 atom stereocenters. The van der Waals surface area contributed by atoms with Crippen LogP contribution in [0.2, 0.25) is 0 Å². The fourth-order valence-electron chi connectivity index (χ4n) is 7.77. The van der Waals surface area contributed by atoms with E-state index in [1.165, 1.54) is 91.2 Å². The summed E-state index contributed by atoms with van der Waals surface area (Å²) >= 11 is 0. The van der Waals surface area contributed by atoms with E-state index in [-0.39, 0.29) is 17.6 Å². The number of fused-ring (bicyclic) bond motifs is 2. The van der Waals surface area contributed by atoms with Crippen molar-refractivity contribution in [3.05, 3.63) is 57.6 Å². The lowest BCUT2D eigenvalue weighted by atomic mass is 9.66. The first-order valence-corrected chi connectivity index (χ1v) is 17.6. The molecule has 2 heterocycles. The molecular formula is C38H58N2O4. The molecule has 2 N–H and O–H groups in total. The van der Waals surface area contributed by atoms with Gasteiger partial charge in [-0.25, -0.2) is 0 Å². The summed E-state index contributed by atoms with van der Waals surface area (Å²) in [5.74, 6) is 2.10. The van der Waals surface area contributed by atoms with Crippen LogP contribution in [0.25, 0.3) is 0 Å². The highest BCUT2D eigenvalue weighted by Crippen LogP contribution is 2.47. The topological polar surface area (TPSA) is 65.4 Å². The second-order valence-electron chi connectivity index (χ2n) is 14.3. The maximum absolute atomic E-state index is 9.91. The van der Waals surface area contributed by atoms with Crippen molar-refractivity contribution in [2.24, 2.45) is 0 Å². The van der Waals surface area contributed by atoms with Crippen LogP contribution < -0.4 is 9.47 Å². The Bertz CT molecular complexity index is 1130. The van der Waals surface area contributed by atoms with Gasteiger partial charge < -0.3 is 19.7 Å². The normalized spacial score (nSPS) is 21.5. The molecule has 244 valence electrons. The summed E-state index contributed by atoms with van der Waals surface area (Å²) in [5.41, 5.74) is 7.85. The first kappa shape index (κ1) is 33.2. The van der Waals surface area contributed by atoms with Crippen molar-refractivity contribution in [3.8, 4) is 11.5 Å².